The van der Waals surface area contributed by atoms with Gasteiger partial charge in [-0.3, -0.25) is 0 Å². The minimum absolute atomic E-state index is 0.588. The molecule has 3 nitrogen and oxygen atoms in total. The summed E-state index contributed by atoms with van der Waals surface area (Å²) in [4.78, 5) is 2.50. The largest absolute Gasteiger partial charge is 0.381 e. The first-order chi connectivity index (χ1) is 9.33. The molecular formula is C16H25N3. The molecule has 0 aromatic heterocycles. The molecule has 2 aliphatic rings. The van der Waals surface area contributed by atoms with Gasteiger partial charge in [-0.25, -0.2) is 0 Å². The van der Waals surface area contributed by atoms with Crippen LogP contribution in [0.5, 0.6) is 0 Å². The van der Waals surface area contributed by atoms with Crippen LogP contribution in [0.2, 0.25) is 0 Å². The molecule has 0 saturated carbocycles. The maximum atomic E-state index is 3.69. The van der Waals surface area contributed by atoms with Gasteiger partial charge in [-0.1, -0.05) is 0 Å². The van der Waals surface area contributed by atoms with E-state index >= 15 is 0 Å². The quantitative estimate of drug-likeness (QED) is 0.874. The van der Waals surface area contributed by atoms with E-state index in [1.165, 1.54) is 62.3 Å². The zero-order valence-corrected chi connectivity index (χ0v) is 11.9. The fraction of sp³-hybridized carbons (Fsp3) is 0.625. The van der Waals surface area contributed by atoms with Gasteiger partial charge in [0.2, 0.25) is 0 Å². The number of benzene rings is 1. The Kier molecular flexibility index (Phi) is 3.92. The van der Waals surface area contributed by atoms with Crippen LogP contribution >= 0.6 is 0 Å². The summed E-state index contributed by atoms with van der Waals surface area (Å²) in [5, 5.41) is 7.15. The molecule has 1 aromatic carbocycles. The lowest BCUT2D eigenvalue weighted by Crippen LogP contribution is -2.38. The Hall–Kier alpha value is -1.22. The monoisotopic (exact) mass is 259 g/mol. The van der Waals surface area contributed by atoms with Gasteiger partial charge < -0.3 is 15.5 Å². The van der Waals surface area contributed by atoms with Crippen LogP contribution in [0.4, 0.5) is 11.4 Å². The number of piperidine rings is 1. The van der Waals surface area contributed by atoms with Crippen molar-refractivity contribution < 1.29 is 0 Å². The van der Waals surface area contributed by atoms with Crippen LogP contribution in [0, 0.1) is 6.92 Å². The molecule has 2 saturated heterocycles. The van der Waals surface area contributed by atoms with Crippen molar-refractivity contribution >= 4 is 11.4 Å². The zero-order chi connectivity index (χ0) is 13.1. The summed E-state index contributed by atoms with van der Waals surface area (Å²) in [6.07, 6.45) is 5.24. The molecule has 104 valence electrons. The van der Waals surface area contributed by atoms with Crippen molar-refractivity contribution in [1.82, 2.24) is 5.32 Å². The Morgan fingerprint density at radius 2 is 2.05 bits per heavy atom. The third-order valence-electron chi connectivity index (χ3n) is 4.34. The summed E-state index contributed by atoms with van der Waals surface area (Å²) in [6.45, 7) is 6.92. The van der Waals surface area contributed by atoms with Crippen molar-refractivity contribution in [3.8, 4) is 0 Å². The van der Waals surface area contributed by atoms with Crippen molar-refractivity contribution in [3.05, 3.63) is 23.8 Å². The molecule has 0 radical (unpaired) electrons. The summed E-state index contributed by atoms with van der Waals surface area (Å²) >= 11 is 0. The average Bonchev–Trinajstić information content (AvgIpc) is 2.96. The first-order valence-corrected chi connectivity index (χ1v) is 7.66. The molecule has 1 atom stereocenters. The van der Waals surface area contributed by atoms with E-state index in [4.69, 9.17) is 0 Å². The minimum Gasteiger partial charge on any atom is -0.381 e. The van der Waals surface area contributed by atoms with Crippen molar-refractivity contribution in [2.75, 3.05) is 36.4 Å². The van der Waals surface area contributed by atoms with Gasteiger partial charge in [0.25, 0.3) is 0 Å². The van der Waals surface area contributed by atoms with E-state index < -0.39 is 0 Å². The van der Waals surface area contributed by atoms with Crippen molar-refractivity contribution in [2.45, 2.75) is 38.6 Å². The van der Waals surface area contributed by atoms with Crippen molar-refractivity contribution in [1.29, 1.82) is 0 Å². The number of nitrogens with one attached hydrogen (secondary N) is 2. The normalized spacial score (nSPS) is 23.6. The molecule has 0 bridgehead atoms. The maximum Gasteiger partial charge on any atom is 0.0386 e. The highest BCUT2D eigenvalue weighted by atomic mass is 15.1. The Morgan fingerprint density at radius 1 is 1.21 bits per heavy atom. The van der Waals surface area contributed by atoms with Crippen LogP contribution in [0.25, 0.3) is 0 Å². The van der Waals surface area contributed by atoms with Crippen LogP contribution in [0.15, 0.2) is 18.2 Å². The highest BCUT2D eigenvalue weighted by molar-refractivity contribution is 5.61. The predicted molar refractivity (Wildman–Crippen MR) is 82.1 cm³/mol. The topological polar surface area (TPSA) is 27.3 Å². The summed E-state index contributed by atoms with van der Waals surface area (Å²) in [7, 11) is 0. The predicted octanol–water partition coefficient (Wildman–Crippen LogP) is 2.76. The number of anilines is 2. The number of rotatable bonds is 3. The molecular weight excluding hydrogens is 234 g/mol. The average molecular weight is 259 g/mol. The fourth-order valence-electron chi connectivity index (χ4n) is 3.18. The molecule has 19 heavy (non-hydrogen) atoms. The summed E-state index contributed by atoms with van der Waals surface area (Å²) < 4.78 is 0. The van der Waals surface area contributed by atoms with E-state index in [-0.39, 0.29) is 0 Å². The number of hydrogen-bond donors (Lipinski definition) is 2. The van der Waals surface area contributed by atoms with Gasteiger partial charge >= 0.3 is 0 Å². The van der Waals surface area contributed by atoms with Crippen LogP contribution in [0.3, 0.4) is 0 Å². The molecule has 2 N–H and O–H groups in total. The van der Waals surface area contributed by atoms with E-state index in [9.17, 15) is 0 Å². The van der Waals surface area contributed by atoms with Gasteiger partial charge in [-0.2, -0.15) is 0 Å². The molecule has 0 amide bonds. The highest BCUT2D eigenvalue weighted by Crippen LogP contribution is 2.26. The maximum absolute atomic E-state index is 3.69. The van der Waals surface area contributed by atoms with E-state index in [0.29, 0.717) is 6.04 Å². The van der Waals surface area contributed by atoms with Gasteiger partial charge in [0, 0.05) is 37.1 Å². The lowest BCUT2D eigenvalue weighted by Gasteiger charge is -2.26. The van der Waals surface area contributed by atoms with E-state index in [1.807, 2.05) is 0 Å². The number of hydrogen-bond acceptors (Lipinski definition) is 3. The number of nitrogens with zero attached hydrogens (tertiary/aromatic N) is 1. The Labute approximate surface area is 116 Å². The molecule has 3 heteroatoms. The summed E-state index contributed by atoms with van der Waals surface area (Å²) in [6, 6.07) is 7.46. The highest BCUT2D eigenvalue weighted by Gasteiger charge is 2.15. The van der Waals surface area contributed by atoms with Crippen molar-refractivity contribution in [2.24, 2.45) is 0 Å². The van der Waals surface area contributed by atoms with Crippen LogP contribution in [0.1, 0.15) is 31.2 Å². The molecule has 2 fully saturated rings. The fourth-order valence-corrected chi connectivity index (χ4v) is 3.18. The molecule has 3 rings (SSSR count). The van der Waals surface area contributed by atoms with E-state index in [2.05, 4.69) is 40.7 Å². The minimum atomic E-state index is 0.588. The van der Waals surface area contributed by atoms with Gasteiger partial charge in [-0.15, -0.1) is 0 Å². The first-order valence-electron chi connectivity index (χ1n) is 7.66. The van der Waals surface area contributed by atoms with Crippen LogP contribution < -0.4 is 15.5 Å². The number of aryl methyl sites for hydroxylation is 1. The second-order valence-corrected chi connectivity index (χ2v) is 5.88. The lowest BCUT2D eigenvalue weighted by atomic mass is 10.1. The third-order valence-corrected chi connectivity index (χ3v) is 4.34. The van der Waals surface area contributed by atoms with Gasteiger partial charge in [0.1, 0.15) is 0 Å². The molecule has 1 unspecified atom stereocenters. The molecule has 1 aromatic rings. The third kappa shape index (κ3) is 3.03. The van der Waals surface area contributed by atoms with Gasteiger partial charge in [0.15, 0.2) is 0 Å². The molecule has 0 spiro atoms. The molecule has 2 heterocycles. The lowest BCUT2D eigenvalue weighted by molar-refractivity contribution is 0.480. The zero-order valence-electron chi connectivity index (χ0n) is 11.9. The second-order valence-electron chi connectivity index (χ2n) is 5.88. The Morgan fingerprint density at radius 3 is 2.74 bits per heavy atom. The van der Waals surface area contributed by atoms with Gasteiger partial charge in [-0.05, 0) is 62.9 Å². The van der Waals surface area contributed by atoms with Gasteiger partial charge in [0.05, 0.1) is 0 Å². The molecule has 0 aliphatic carbocycles. The van der Waals surface area contributed by atoms with Crippen LogP contribution in [-0.4, -0.2) is 32.2 Å². The Bertz CT molecular complexity index is 418. The van der Waals surface area contributed by atoms with E-state index in [1.54, 1.807) is 0 Å². The molecule has 2 aliphatic heterocycles. The Balaban J connectivity index is 1.68. The smallest absolute Gasteiger partial charge is 0.0386 e. The summed E-state index contributed by atoms with van der Waals surface area (Å²) in [5.74, 6) is 0. The van der Waals surface area contributed by atoms with Crippen LogP contribution in [-0.2, 0) is 0 Å². The first kappa shape index (κ1) is 12.8. The standard InChI is InChI=1S/C16H25N3/c1-13-11-15(19-9-2-3-10-19)6-7-16(13)18-14-5-4-8-17-12-14/h6-7,11,14,17-18H,2-5,8-10,12H2,1H3. The SMILES string of the molecule is Cc1cc(N2CCCC2)ccc1NC1CCCNC1. The second kappa shape index (κ2) is 5.83. The summed E-state index contributed by atoms with van der Waals surface area (Å²) in [5.41, 5.74) is 4.06. The van der Waals surface area contributed by atoms with E-state index in [0.717, 1.165) is 6.54 Å². The van der Waals surface area contributed by atoms with Crippen molar-refractivity contribution in [3.63, 3.8) is 0 Å².